The third-order valence-corrected chi connectivity index (χ3v) is 8.12. The van der Waals surface area contributed by atoms with Gasteiger partial charge in [0, 0.05) is 51.5 Å². The number of hydrogen-bond donors (Lipinski definition) is 1. The predicted octanol–water partition coefficient (Wildman–Crippen LogP) is 2.62. The summed E-state index contributed by atoms with van der Waals surface area (Å²) in [7, 11) is -3.48. The van der Waals surface area contributed by atoms with Gasteiger partial charge in [-0.3, -0.25) is 9.69 Å². The van der Waals surface area contributed by atoms with E-state index in [-0.39, 0.29) is 10.8 Å². The molecule has 2 fully saturated rings. The van der Waals surface area contributed by atoms with Crippen molar-refractivity contribution in [3.8, 4) is 0 Å². The summed E-state index contributed by atoms with van der Waals surface area (Å²) in [5.74, 6) is 0.0390. The molecule has 7 nitrogen and oxygen atoms in total. The van der Waals surface area contributed by atoms with Gasteiger partial charge >= 0.3 is 0 Å². The van der Waals surface area contributed by atoms with Crippen LogP contribution in [0.5, 0.6) is 0 Å². The van der Waals surface area contributed by atoms with Crippen molar-refractivity contribution in [3.63, 3.8) is 0 Å². The van der Waals surface area contributed by atoms with Crippen LogP contribution in [0.4, 0.5) is 5.69 Å². The molecule has 0 spiro atoms. The third-order valence-electron chi connectivity index (χ3n) is 6.22. The van der Waals surface area contributed by atoms with E-state index in [0.29, 0.717) is 31.9 Å². The topological polar surface area (TPSA) is 73.0 Å². The Morgan fingerprint density at radius 1 is 0.938 bits per heavy atom. The molecule has 1 N–H and O–H groups in total. The molecule has 2 aromatic rings. The number of anilines is 1. The Morgan fingerprint density at radius 2 is 1.62 bits per heavy atom. The highest BCUT2D eigenvalue weighted by Crippen LogP contribution is 2.23. The zero-order valence-corrected chi connectivity index (χ0v) is 19.4. The number of amides is 1. The quantitative estimate of drug-likeness (QED) is 0.693. The first-order chi connectivity index (χ1) is 15.4. The number of rotatable bonds is 7. The number of hydrogen-bond acceptors (Lipinski definition) is 5. The number of nitrogens with one attached hydrogen (secondary N) is 1. The molecule has 0 saturated carbocycles. The highest BCUT2D eigenvalue weighted by Gasteiger charge is 2.28. The minimum Gasteiger partial charge on any atom is -0.374 e. The number of piperazine rings is 1. The maximum Gasteiger partial charge on any atom is 0.244 e. The van der Waals surface area contributed by atoms with Crippen molar-refractivity contribution in [2.24, 2.45) is 0 Å². The second-order valence-corrected chi connectivity index (χ2v) is 10.5. The van der Waals surface area contributed by atoms with Crippen molar-refractivity contribution in [2.45, 2.75) is 37.2 Å². The molecule has 0 bridgehead atoms. The summed E-state index contributed by atoms with van der Waals surface area (Å²) in [6.45, 7) is 6.96. The maximum atomic E-state index is 13.0. The van der Waals surface area contributed by atoms with Crippen LogP contribution in [0.15, 0.2) is 59.5 Å². The van der Waals surface area contributed by atoms with Crippen LogP contribution in [-0.2, 0) is 21.4 Å². The van der Waals surface area contributed by atoms with Gasteiger partial charge in [0.2, 0.25) is 15.9 Å². The van der Waals surface area contributed by atoms with Crippen molar-refractivity contribution in [3.05, 3.63) is 60.2 Å². The van der Waals surface area contributed by atoms with Crippen molar-refractivity contribution >= 4 is 21.6 Å². The van der Waals surface area contributed by atoms with Gasteiger partial charge in [-0.05, 0) is 43.5 Å². The lowest BCUT2D eigenvalue weighted by Gasteiger charge is -2.36. The van der Waals surface area contributed by atoms with Crippen molar-refractivity contribution in [1.29, 1.82) is 0 Å². The van der Waals surface area contributed by atoms with Crippen LogP contribution >= 0.6 is 0 Å². The molecular weight excluding hydrogens is 424 g/mol. The van der Waals surface area contributed by atoms with Crippen LogP contribution in [0.1, 0.15) is 25.3 Å². The van der Waals surface area contributed by atoms with Crippen LogP contribution in [0.25, 0.3) is 0 Å². The van der Waals surface area contributed by atoms with E-state index in [1.165, 1.54) is 9.87 Å². The van der Waals surface area contributed by atoms with Gasteiger partial charge in [0.15, 0.2) is 0 Å². The first-order valence-corrected chi connectivity index (χ1v) is 12.8. The van der Waals surface area contributed by atoms with Gasteiger partial charge in [-0.1, -0.05) is 36.4 Å². The van der Waals surface area contributed by atoms with Gasteiger partial charge in [0.25, 0.3) is 0 Å². The summed E-state index contributed by atoms with van der Waals surface area (Å²) in [4.78, 5) is 17.5. The maximum absolute atomic E-state index is 13.0. The van der Waals surface area contributed by atoms with E-state index >= 15 is 0 Å². The smallest absolute Gasteiger partial charge is 0.244 e. The highest BCUT2D eigenvalue weighted by molar-refractivity contribution is 7.89. The molecule has 0 radical (unpaired) electrons. The van der Waals surface area contributed by atoms with Gasteiger partial charge in [-0.2, -0.15) is 4.31 Å². The van der Waals surface area contributed by atoms with Gasteiger partial charge in [-0.25, -0.2) is 8.42 Å². The first kappa shape index (κ1) is 22.8. The Balaban J connectivity index is 1.32. The number of nitrogens with zero attached hydrogens (tertiary/aromatic N) is 3. The zero-order chi connectivity index (χ0) is 22.6. The summed E-state index contributed by atoms with van der Waals surface area (Å²) in [5, 5.41) is 3.21. The molecule has 2 saturated heterocycles. The van der Waals surface area contributed by atoms with Crippen LogP contribution in [0.3, 0.4) is 0 Å². The van der Waals surface area contributed by atoms with E-state index in [1.54, 1.807) is 18.2 Å². The predicted molar refractivity (Wildman–Crippen MR) is 126 cm³/mol. The number of carbonyl (C=O) groups excluding carboxylic acids is 1. The summed E-state index contributed by atoms with van der Waals surface area (Å²) in [5.41, 5.74) is 1.93. The van der Waals surface area contributed by atoms with Gasteiger partial charge in [-0.15, -0.1) is 0 Å². The average molecular weight is 457 g/mol. The Bertz CT molecular complexity index is 1010. The first-order valence-electron chi connectivity index (χ1n) is 11.4. The molecule has 0 unspecified atom stereocenters. The fourth-order valence-electron chi connectivity index (χ4n) is 4.38. The summed E-state index contributed by atoms with van der Waals surface area (Å²) < 4.78 is 27.2. The summed E-state index contributed by atoms with van der Waals surface area (Å²) in [6.07, 6.45) is 1.81. The second kappa shape index (κ2) is 10.0. The fourth-order valence-corrected chi connectivity index (χ4v) is 5.94. The van der Waals surface area contributed by atoms with Crippen molar-refractivity contribution in [2.75, 3.05) is 44.6 Å². The van der Waals surface area contributed by atoms with Crippen LogP contribution in [-0.4, -0.2) is 73.7 Å². The van der Waals surface area contributed by atoms with Crippen molar-refractivity contribution in [1.82, 2.24) is 14.1 Å². The SMILES string of the molecule is C[C@H](Nc1cccc(S(=O)(=O)N2CCCC2)c1)C(=O)N1CCN(Cc2ccccc2)CC1. The molecular formula is C24H32N4O3S. The standard InChI is InChI=1S/C24H32N4O3S/c1-20(24(29)27-16-14-26(15-17-27)19-21-8-3-2-4-9-21)25-22-10-7-11-23(18-22)32(30,31)28-12-5-6-13-28/h2-4,7-11,18,20,25H,5-6,12-17,19H2,1H3/t20-/m0/s1. The van der Waals surface area contributed by atoms with E-state index in [4.69, 9.17) is 0 Å². The Morgan fingerprint density at radius 3 is 2.31 bits per heavy atom. The molecule has 0 aromatic heterocycles. The molecule has 8 heteroatoms. The van der Waals surface area contributed by atoms with Crippen molar-refractivity contribution < 1.29 is 13.2 Å². The van der Waals surface area contributed by atoms with Crippen LogP contribution in [0, 0.1) is 0 Å². The minimum absolute atomic E-state index is 0.0390. The van der Waals surface area contributed by atoms with Gasteiger partial charge in [0.05, 0.1) is 4.90 Å². The molecule has 1 amide bonds. The number of carbonyl (C=O) groups is 1. The summed E-state index contributed by atoms with van der Waals surface area (Å²) in [6, 6.07) is 16.7. The molecule has 1 atom stereocenters. The van der Waals surface area contributed by atoms with E-state index in [9.17, 15) is 13.2 Å². The van der Waals surface area contributed by atoms with Gasteiger partial charge < -0.3 is 10.2 Å². The Kier molecular flexibility index (Phi) is 7.13. The highest BCUT2D eigenvalue weighted by atomic mass is 32.2. The van der Waals surface area contributed by atoms with E-state index in [0.717, 1.165) is 32.5 Å². The molecule has 4 rings (SSSR count). The Hall–Kier alpha value is -2.42. The molecule has 2 aliphatic heterocycles. The number of benzene rings is 2. The Labute approximate surface area is 191 Å². The fraction of sp³-hybridized carbons (Fsp3) is 0.458. The monoisotopic (exact) mass is 456 g/mol. The zero-order valence-electron chi connectivity index (χ0n) is 18.6. The van der Waals surface area contributed by atoms with Crippen LogP contribution < -0.4 is 5.32 Å². The molecule has 0 aliphatic carbocycles. The normalized spacial score (nSPS) is 19.1. The van der Waals surface area contributed by atoms with E-state index in [2.05, 4.69) is 22.3 Å². The molecule has 172 valence electrons. The minimum atomic E-state index is -3.48. The lowest BCUT2D eigenvalue weighted by Crippen LogP contribution is -2.51. The van der Waals surface area contributed by atoms with E-state index in [1.807, 2.05) is 36.1 Å². The molecule has 32 heavy (non-hydrogen) atoms. The lowest BCUT2D eigenvalue weighted by molar-refractivity contribution is -0.133. The summed E-state index contributed by atoms with van der Waals surface area (Å²) >= 11 is 0. The molecule has 2 heterocycles. The molecule has 2 aromatic carbocycles. The van der Waals surface area contributed by atoms with Gasteiger partial charge in [0.1, 0.15) is 6.04 Å². The van der Waals surface area contributed by atoms with E-state index < -0.39 is 16.1 Å². The average Bonchev–Trinajstić information content (AvgIpc) is 3.36. The third kappa shape index (κ3) is 5.31. The lowest BCUT2D eigenvalue weighted by atomic mass is 10.2. The molecule has 2 aliphatic rings. The van der Waals surface area contributed by atoms with Crippen LogP contribution in [0.2, 0.25) is 0 Å². The largest absolute Gasteiger partial charge is 0.374 e. The second-order valence-electron chi connectivity index (χ2n) is 8.59. The number of sulfonamides is 1.